The molecule has 0 heterocycles. The normalized spacial score (nSPS) is 16.4. The molecule has 19 heavy (non-hydrogen) atoms. The molecule has 1 atom stereocenters. The zero-order valence-electron chi connectivity index (χ0n) is 11.1. The van der Waals surface area contributed by atoms with Crippen LogP contribution in [0.15, 0.2) is 22.7 Å². The van der Waals surface area contributed by atoms with Crippen LogP contribution in [0.2, 0.25) is 0 Å². The first-order valence-electron chi connectivity index (χ1n) is 6.50. The van der Waals surface area contributed by atoms with Gasteiger partial charge >= 0.3 is 0 Å². The van der Waals surface area contributed by atoms with Gasteiger partial charge in [0.2, 0.25) is 0 Å². The van der Waals surface area contributed by atoms with E-state index in [1.54, 1.807) is 7.11 Å². The maximum absolute atomic E-state index is 9.53. The van der Waals surface area contributed by atoms with Crippen LogP contribution in [0.3, 0.4) is 0 Å². The minimum absolute atomic E-state index is 0.228. The lowest BCUT2D eigenvalue weighted by Crippen LogP contribution is -2.22. The number of ether oxygens (including phenoxy) is 2. The fourth-order valence-corrected chi connectivity index (χ4v) is 2.29. The van der Waals surface area contributed by atoms with Gasteiger partial charge in [-0.05, 0) is 46.5 Å². The van der Waals surface area contributed by atoms with E-state index in [-0.39, 0.29) is 13.2 Å². The summed E-state index contributed by atoms with van der Waals surface area (Å²) in [5, 5.41) is 13.0. The molecule has 5 heteroatoms. The first-order chi connectivity index (χ1) is 9.19. The van der Waals surface area contributed by atoms with Crippen LogP contribution in [0.1, 0.15) is 18.4 Å². The summed E-state index contributed by atoms with van der Waals surface area (Å²) in [7, 11) is 1.56. The Kier molecular flexibility index (Phi) is 5.63. The molecule has 0 aliphatic heterocycles. The summed E-state index contributed by atoms with van der Waals surface area (Å²) in [5.41, 5.74) is 1.23. The largest absolute Gasteiger partial charge is 0.490 e. The van der Waals surface area contributed by atoms with Gasteiger partial charge < -0.3 is 19.9 Å². The molecule has 0 amide bonds. The van der Waals surface area contributed by atoms with E-state index in [0.29, 0.717) is 6.04 Å². The Bertz CT molecular complexity index is 410. The lowest BCUT2D eigenvalue weighted by molar-refractivity contribution is 0.0323. The molecule has 4 nitrogen and oxygen atoms in total. The standard InChI is InChI=1S/C14H20BrNO3/c1-18-8-12(17)9-19-14-5-2-10(6-13(14)15)7-16-11-3-4-11/h2,5-6,11-12,16-17H,3-4,7-9H2,1H3. The van der Waals surface area contributed by atoms with Crippen LogP contribution >= 0.6 is 15.9 Å². The maximum atomic E-state index is 9.53. The third-order valence-electron chi connectivity index (χ3n) is 2.96. The van der Waals surface area contributed by atoms with Crippen molar-refractivity contribution in [2.45, 2.75) is 31.5 Å². The van der Waals surface area contributed by atoms with Crippen LogP contribution in [0.4, 0.5) is 0 Å². The van der Waals surface area contributed by atoms with E-state index in [4.69, 9.17) is 9.47 Å². The van der Waals surface area contributed by atoms with Gasteiger partial charge in [0, 0.05) is 19.7 Å². The number of aliphatic hydroxyl groups is 1. The fraction of sp³-hybridized carbons (Fsp3) is 0.571. The van der Waals surface area contributed by atoms with Gasteiger partial charge in [0.25, 0.3) is 0 Å². The average molecular weight is 330 g/mol. The van der Waals surface area contributed by atoms with E-state index in [0.717, 1.165) is 16.8 Å². The predicted octanol–water partition coefficient (Wildman–Crippen LogP) is 2.09. The average Bonchev–Trinajstić information content (AvgIpc) is 3.19. The van der Waals surface area contributed by atoms with Crippen molar-refractivity contribution in [3.05, 3.63) is 28.2 Å². The molecule has 0 bridgehead atoms. The molecule has 1 unspecified atom stereocenters. The quantitative estimate of drug-likeness (QED) is 0.766. The highest BCUT2D eigenvalue weighted by Gasteiger charge is 2.20. The van der Waals surface area contributed by atoms with Crippen molar-refractivity contribution in [2.24, 2.45) is 0 Å². The Morgan fingerprint density at radius 1 is 1.42 bits per heavy atom. The van der Waals surface area contributed by atoms with E-state index in [2.05, 4.69) is 21.2 Å². The van der Waals surface area contributed by atoms with E-state index >= 15 is 0 Å². The molecule has 0 spiro atoms. The molecule has 1 aromatic carbocycles. The van der Waals surface area contributed by atoms with Crippen molar-refractivity contribution in [1.29, 1.82) is 0 Å². The molecular weight excluding hydrogens is 310 g/mol. The summed E-state index contributed by atoms with van der Waals surface area (Å²) in [5.74, 6) is 0.741. The van der Waals surface area contributed by atoms with Gasteiger partial charge in [-0.1, -0.05) is 6.07 Å². The first kappa shape index (κ1) is 14.8. The van der Waals surface area contributed by atoms with Crippen molar-refractivity contribution < 1.29 is 14.6 Å². The zero-order chi connectivity index (χ0) is 13.7. The van der Waals surface area contributed by atoms with E-state index in [1.165, 1.54) is 18.4 Å². The van der Waals surface area contributed by atoms with Crippen LogP contribution in [0.5, 0.6) is 5.75 Å². The Hall–Kier alpha value is -0.620. The summed E-state index contributed by atoms with van der Waals surface area (Å²) in [6.45, 7) is 1.39. The highest BCUT2D eigenvalue weighted by atomic mass is 79.9. The smallest absolute Gasteiger partial charge is 0.133 e. The number of hydrogen-bond donors (Lipinski definition) is 2. The van der Waals surface area contributed by atoms with Crippen molar-refractivity contribution in [2.75, 3.05) is 20.3 Å². The molecule has 2 N–H and O–H groups in total. The van der Waals surface area contributed by atoms with Crippen LogP contribution in [-0.4, -0.2) is 37.6 Å². The number of hydrogen-bond acceptors (Lipinski definition) is 4. The van der Waals surface area contributed by atoms with Crippen molar-refractivity contribution in [3.63, 3.8) is 0 Å². The number of rotatable bonds is 8. The SMILES string of the molecule is COCC(O)COc1ccc(CNC2CC2)cc1Br. The van der Waals surface area contributed by atoms with Gasteiger partial charge in [0.05, 0.1) is 11.1 Å². The predicted molar refractivity (Wildman–Crippen MR) is 77.4 cm³/mol. The number of benzene rings is 1. The molecule has 0 saturated heterocycles. The lowest BCUT2D eigenvalue weighted by atomic mass is 10.2. The second-order valence-corrected chi connectivity index (χ2v) is 5.69. The van der Waals surface area contributed by atoms with Crippen molar-refractivity contribution in [1.82, 2.24) is 5.32 Å². The maximum Gasteiger partial charge on any atom is 0.133 e. The lowest BCUT2D eigenvalue weighted by Gasteiger charge is -2.13. The third kappa shape index (κ3) is 5.10. The highest BCUT2D eigenvalue weighted by Crippen LogP contribution is 2.27. The van der Waals surface area contributed by atoms with Crippen LogP contribution in [0, 0.1) is 0 Å². The molecule has 1 saturated carbocycles. The van der Waals surface area contributed by atoms with E-state index < -0.39 is 6.10 Å². The Labute approximate surface area is 122 Å². The van der Waals surface area contributed by atoms with Gasteiger partial charge in [0.1, 0.15) is 18.5 Å². The minimum Gasteiger partial charge on any atom is -0.490 e. The van der Waals surface area contributed by atoms with Gasteiger partial charge in [0.15, 0.2) is 0 Å². The molecular formula is C14H20BrNO3. The number of halogens is 1. The van der Waals surface area contributed by atoms with Crippen LogP contribution in [-0.2, 0) is 11.3 Å². The molecule has 1 fully saturated rings. The van der Waals surface area contributed by atoms with Crippen molar-refractivity contribution in [3.8, 4) is 5.75 Å². The molecule has 0 aromatic heterocycles. The molecule has 2 rings (SSSR count). The fourth-order valence-electron chi connectivity index (χ4n) is 1.75. The van der Waals surface area contributed by atoms with Gasteiger partial charge in [-0.25, -0.2) is 0 Å². The highest BCUT2D eigenvalue weighted by molar-refractivity contribution is 9.10. The summed E-state index contributed by atoms with van der Waals surface area (Å²) in [6, 6.07) is 6.72. The monoisotopic (exact) mass is 329 g/mol. The number of nitrogens with one attached hydrogen (secondary N) is 1. The van der Waals surface area contributed by atoms with Crippen molar-refractivity contribution >= 4 is 15.9 Å². The van der Waals surface area contributed by atoms with E-state index in [9.17, 15) is 5.11 Å². The second-order valence-electron chi connectivity index (χ2n) is 4.84. The Balaban J connectivity index is 1.83. The summed E-state index contributed by atoms with van der Waals surface area (Å²) < 4.78 is 11.3. The zero-order valence-corrected chi connectivity index (χ0v) is 12.6. The Morgan fingerprint density at radius 2 is 2.21 bits per heavy atom. The molecule has 1 aromatic rings. The topological polar surface area (TPSA) is 50.7 Å². The number of methoxy groups -OCH3 is 1. The van der Waals surface area contributed by atoms with Crippen LogP contribution in [0.25, 0.3) is 0 Å². The van der Waals surface area contributed by atoms with Gasteiger partial charge in [-0.2, -0.15) is 0 Å². The van der Waals surface area contributed by atoms with E-state index in [1.807, 2.05) is 18.2 Å². The molecule has 0 radical (unpaired) electrons. The summed E-state index contributed by atoms with van der Waals surface area (Å²) in [4.78, 5) is 0. The van der Waals surface area contributed by atoms with Crippen LogP contribution < -0.4 is 10.1 Å². The third-order valence-corrected chi connectivity index (χ3v) is 3.58. The summed E-state index contributed by atoms with van der Waals surface area (Å²) in [6.07, 6.45) is 1.98. The Morgan fingerprint density at radius 3 is 2.84 bits per heavy atom. The molecule has 1 aliphatic carbocycles. The van der Waals surface area contributed by atoms with Gasteiger partial charge in [-0.3, -0.25) is 0 Å². The summed E-state index contributed by atoms with van der Waals surface area (Å²) >= 11 is 3.49. The first-order valence-corrected chi connectivity index (χ1v) is 7.30. The second kappa shape index (κ2) is 7.24. The number of aliphatic hydroxyl groups excluding tert-OH is 1. The molecule has 106 valence electrons. The minimum atomic E-state index is -0.604. The van der Waals surface area contributed by atoms with Gasteiger partial charge in [-0.15, -0.1) is 0 Å². The molecule has 1 aliphatic rings.